The molecule has 138 valence electrons. The van der Waals surface area contributed by atoms with Gasteiger partial charge in [-0.3, -0.25) is 4.90 Å². The molecule has 0 amide bonds. The molecule has 5 rings (SSSR count). The molecule has 0 aromatic carbocycles. The fourth-order valence-corrected chi connectivity index (χ4v) is 6.53. The monoisotopic (exact) mass is 381 g/mol. The standard InChI is InChI=1S/C18H27N3O2S2/c1-22-15-10-20(11-15)14-8-18(23-12-14)4-6-21(7-5-18)25-16-9-19-17(24-16)13-2-3-13/h9,13-15H,2-8,10-12H2,1H3. The molecule has 5 nitrogen and oxygen atoms in total. The summed E-state index contributed by atoms with van der Waals surface area (Å²) in [6.45, 7) is 5.31. The third kappa shape index (κ3) is 3.51. The number of hydrogen-bond donors (Lipinski definition) is 0. The smallest absolute Gasteiger partial charge is 0.0968 e. The molecule has 4 aliphatic rings. The topological polar surface area (TPSA) is 37.8 Å². The second-order valence-corrected chi connectivity index (χ2v) is 10.4. The number of thiazole rings is 1. The number of methoxy groups -OCH3 is 1. The molecule has 1 spiro atoms. The number of hydrogen-bond acceptors (Lipinski definition) is 7. The van der Waals surface area contributed by atoms with Gasteiger partial charge in [0.15, 0.2) is 0 Å². The number of ether oxygens (including phenoxy) is 2. The molecule has 4 fully saturated rings. The summed E-state index contributed by atoms with van der Waals surface area (Å²) < 4.78 is 15.6. The molecule has 7 heteroatoms. The van der Waals surface area contributed by atoms with Gasteiger partial charge < -0.3 is 9.47 Å². The average molecular weight is 382 g/mol. The predicted octanol–water partition coefficient (Wildman–Crippen LogP) is 2.98. The molecule has 1 aliphatic carbocycles. The Balaban J connectivity index is 1.11. The third-order valence-electron chi connectivity index (χ3n) is 6.20. The van der Waals surface area contributed by atoms with Gasteiger partial charge in [0.2, 0.25) is 0 Å². The molecule has 0 N–H and O–H groups in total. The summed E-state index contributed by atoms with van der Waals surface area (Å²) in [6, 6.07) is 0.605. The normalized spacial score (nSPS) is 30.8. The van der Waals surface area contributed by atoms with Crippen molar-refractivity contribution in [1.82, 2.24) is 14.2 Å². The highest BCUT2D eigenvalue weighted by Gasteiger charge is 2.46. The van der Waals surface area contributed by atoms with E-state index < -0.39 is 0 Å². The Morgan fingerprint density at radius 2 is 2.12 bits per heavy atom. The fraction of sp³-hybridized carbons (Fsp3) is 0.833. The number of likely N-dealkylation sites (tertiary alicyclic amines) is 1. The maximum absolute atomic E-state index is 6.33. The van der Waals surface area contributed by atoms with Gasteiger partial charge in [-0.15, -0.1) is 11.3 Å². The Bertz CT molecular complexity index is 607. The van der Waals surface area contributed by atoms with Crippen molar-refractivity contribution >= 4 is 23.3 Å². The van der Waals surface area contributed by atoms with E-state index in [1.54, 1.807) is 0 Å². The Kier molecular flexibility index (Phi) is 4.59. The Labute approximate surface area is 158 Å². The molecule has 0 radical (unpaired) electrons. The van der Waals surface area contributed by atoms with Crippen LogP contribution in [0, 0.1) is 0 Å². The van der Waals surface area contributed by atoms with Crippen molar-refractivity contribution in [1.29, 1.82) is 0 Å². The highest BCUT2D eigenvalue weighted by Crippen LogP contribution is 2.45. The van der Waals surface area contributed by atoms with Crippen LogP contribution in [0.15, 0.2) is 10.4 Å². The maximum Gasteiger partial charge on any atom is 0.0968 e. The Morgan fingerprint density at radius 1 is 1.32 bits per heavy atom. The first-order chi connectivity index (χ1) is 12.2. The molecular formula is C18H27N3O2S2. The molecule has 1 atom stereocenters. The highest BCUT2D eigenvalue weighted by molar-refractivity contribution is 7.98. The van der Waals surface area contributed by atoms with Crippen LogP contribution in [-0.4, -0.2) is 71.8 Å². The van der Waals surface area contributed by atoms with Crippen molar-refractivity contribution in [2.75, 3.05) is 39.9 Å². The van der Waals surface area contributed by atoms with Gasteiger partial charge in [0.05, 0.1) is 33.7 Å². The molecular weight excluding hydrogens is 354 g/mol. The van der Waals surface area contributed by atoms with E-state index in [0.29, 0.717) is 12.1 Å². The van der Waals surface area contributed by atoms with Crippen LogP contribution in [0.4, 0.5) is 0 Å². The van der Waals surface area contributed by atoms with E-state index in [0.717, 1.165) is 51.5 Å². The first kappa shape index (κ1) is 17.0. The van der Waals surface area contributed by atoms with E-state index >= 15 is 0 Å². The van der Waals surface area contributed by atoms with Gasteiger partial charge in [0.25, 0.3) is 0 Å². The fourth-order valence-electron chi connectivity index (χ4n) is 4.27. The lowest BCUT2D eigenvalue weighted by molar-refractivity contribution is -0.0535. The number of aromatic nitrogens is 1. The van der Waals surface area contributed by atoms with Crippen LogP contribution in [0.1, 0.15) is 43.0 Å². The molecule has 3 saturated heterocycles. The van der Waals surface area contributed by atoms with Crippen molar-refractivity contribution in [3.63, 3.8) is 0 Å². The van der Waals surface area contributed by atoms with E-state index in [4.69, 9.17) is 9.47 Å². The van der Waals surface area contributed by atoms with Crippen molar-refractivity contribution in [2.24, 2.45) is 0 Å². The summed E-state index contributed by atoms with van der Waals surface area (Å²) in [6.07, 6.45) is 8.71. The molecule has 1 aromatic rings. The maximum atomic E-state index is 6.33. The van der Waals surface area contributed by atoms with Gasteiger partial charge in [0.1, 0.15) is 0 Å². The van der Waals surface area contributed by atoms with Crippen LogP contribution >= 0.6 is 23.3 Å². The Morgan fingerprint density at radius 3 is 2.84 bits per heavy atom. The van der Waals surface area contributed by atoms with Crippen LogP contribution in [0.2, 0.25) is 0 Å². The van der Waals surface area contributed by atoms with Gasteiger partial charge in [-0.05, 0) is 44.1 Å². The second-order valence-electron chi connectivity index (χ2n) is 7.98. The van der Waals surface area contributed by atoms with E-state index in [1.165, 1.54) is 28.5 Å². The second kappa shape index (κ2) is 6.77. The Hall–Kier alpha value is -0.180. The van der Waals surface area contributed by atoms with E-state index in [2.05, 4.69) is 20.4 Å². The highest BCUT2D eigenvalue weighted by atomic mass is 32.2. The summed E-state index contributed by atoms with van der Waals surface area (Å²) in [5.74, 6) is 0.770. The summed E-state index contributed by atoms with van der Waals surface area (Å²) >= 11 is 3.80. The van der Waals surface area contributed by atoms with E-state index in [9.17, 15) is 0 Å². The predicted molar refractivity (Wildman–Crippen MR) is 100 cm³/mol. The summed E-state index contributed by atoms with van der Waals surface area (Å²) in [4.78, 5) is 7.15. The number of piperidine rings is 1. The van der Waals surface area contributed by atoms with Crippen LogP contribution < -0.4 is 0 Å². The summed E-state index contributed by atoms with van der Waals surface area (Å²) in [5.41, 5.74) is 0.132. The summed E-state index contributed by atoms with van der Waals surface area (Å²) in [5, 5.41) is 1.35. The van der Waals surface area contributed by atoms with Crippen molar-refractivity contribution < 1.29 is 9.47 Å². The molecule has 1 saturated carbocycles. The minimum absolute atomic E-state index is 0.132. The SMILES string of the molecule is COC1CN(C2COC3(CCN(Sc4cnc(C5CC5)s4)CC3)C2)C1. The lowest BCUT2D eigenvalue weighted by Gasteiger charge is -2.42. The molecule has 1 aromatic heterocycles. The van der Waals surface area contributed by atoms with Crippen LogP contribution in [-0.2, 0) is 9.47 Å². The minimum atomic E-state index is 0.132. The number of nitrogens with zero attached hydrogens (tertiary/aromatic N) is 3. The zero-order chi connectivity index (χ0) is 16.9. The van der Waals surface area contributed by atoms with Crippen LogP contribution in [0.3, 0.4) is 0 Å². The van der Waals surface area contributed by atoms with Gasteiger partial charge in [-0.2, -0.15) is 0 Å². The van der Waals surface area contributed by atoms with Crippen molar-refractivity contribution in [3.05, 3.63) is 11.2 Å². The quantitative estimate of drug-likeness (QED) is 0.730. The molecule has 3 aliphatic heterocycles. The van der Waals surface area contributed by atoms with E-state index in [1.807, 2.05) is 30.4 Å². The summed E-state index contributed by atoms with van der Waals surface area (Å²) in [7, 11) is 1.82. The van der Waals surface area contributed by atoms with Crippen LogP contribution in [0.25, 0.3) is 0 Å². The lowest BCUT2D eigenvalue weighted by Crippen LogP contribution is -2.56. The minimum Gasteiger partial charge on any atom is -0.379 e. The zero-order valence-corrected chi connectivity index (χ0v) is 16.5. The third-order valence-corrected chi connectivity index (χ3v) is 8.53. The van der Waals surface area contributed by atoms with Gasteiger partial charge in [0, 0.05) is 45.2 Å². The van der Waals surface area contributed by atoms with Crippen molar-refractivity contribution in [3.8, 4) is 0 Å². The molecule has 4 heterocycles. The first-order valence-corrected chi connectivity index (χ1v) is 11.1. The number of rotatable bonds is 5. The van der Waals surface area contributed by atoms with Crippen molar-refractivity contribution in [2.45, 2.75) is 60.0 Å². The van der Waals surface area contributed by atoms with Gasteiger partial charge >= 0.3 is 0 Å². The van der Waals surface area contributed by atoms with E-state index in [-0.39, 0.29) is 5.60 Å². The van der Waals surface area contributed by atoms with Gasteiger partial charge in [-0.1, -0.05) is 0 Å². The molecule has 25 heavy (non-hydrogen) atoms. The molecule has 1 unspecified atom stereocenters. The molecule has 0 bridgehead atoms. The van der Waals surface area contributed by atoms with Gasteiger partial charge in [-0.25, -0.2) is 9.29 Å². The largest absolute Gasteiger partial charge is 0.379 e. The lowest BCUT2D eigenvalue weighted by atomic mass is 9.87. The van der Waals surface area contributed by atoms with Crippen LogP contribution in [0.5, 0.6) is 0 Å². The zero-order valence-electron chi connectivity index (χ0n) is 14.9. The first-order valence-electron chi connectivity index (χ1n) is 9.52. The average Bonchev–Trinajstić information content (AvgIpc) is 3.20.